The zero-order valence-corrected chi connectivity index (χ0v) is 10.5. The second-order valence-electron chi connectivity index (χ2n) is 3.73. The lowest BCUT2D eigenvalue weighted by Gasteiger charge is -2.19. The highest BCUT2D eigenvalue weighted by molar-refractivity contribution is 7.80. The first-order chi connectivity index (χ1) is 6.78. The van der Waals surface area contributed by atoms with Crippen molar-refractivity contribution < 1.29 is 5.11 Å². The normalized spacial score (nSPS) is 13.5. The Balaban J connectivity index is 3.48. The van der Waals surface area contributed by atoms with Gasteiger partial charge in [-0.1, -0.05) is 13.8 Å². The molecule has 14 heavy (non-hydrogen) atoms. The van der Waals surface area contributed by atoms with E-state index in [4.69, 9.17) is 5.11 Å². The van der Waals surface area contributed by atoms with E-state index in [-0.39, 0.29) is 0 Å². The molecule has 3 heteroatoms. The second kappa shape index (κ2) is 9.81. The third-order valence-electron chi connectivity index (χ3n) is 2.78. The van der Waals surface area contributed by atoms with Gasteiger partial charge < -0.3 is 10.0 Å². The highest BCUT2D eigenvalue weighted by Gasteiger charge is 2.07. The van der Waals surface area contributed by atoms with Gasteiger partial charge >= 0.3 is 0 Å². The molecule has 0 aliphatic heterocycles. The summed E-state index contributed by atoms with van der Waals surface area (Å²) < 4.78 is 0. The first-order valence-corrected chi connectivity index (χ1v) is 6.35. The van der Waals surface area contributed by atoms with Gasteiger partial charge in [0.25, 0.3) is 0 Å². The van der Waals surface area contributed by atoms with Gasteiger partial charge in [0.05, 0.1) is 0 Å². The van der Waals surface area contributed by atoms with Crippen molar-refractivity contribution in [3.8, 4) is 0 Å². The van der Waals surface area contributed by atoms with Crippen molar-refractivity contribution in [1.29, 1.82) is 0 Å². The largest absolute Gasteiger partial charge is 0.396 e. The van der Waals surface area contributed by atoms with Gasteiger partial charge in [-0.25, -0.2) is 0 Å². The number of aliphatic hydroxyl groups excluding tert-OH is 1. The summed E-state index contributed by atoms with van der Waals surface area (Å²) in [7, 11) is 0. The number of rotatable bonds is 9. The number of thiol groups is 1. The molecule has 0 aliphatic carbocycles. The van der Waals surface area contributed by atoms with Crippen molar-refractivity contribution in [2.24, 2.45) is 5.92 Å². The van der Waals surface area contributed by atoms with Crippen LogP contribution in [-0.4, -0.2) is 42.0 Å². The fourth-order valence-corrected chi connectivity index (χ4v) is 2.02. The van der Waals surface area contributed by atoms with Gasteiger partial charge in [-0.3, -0.25) is 0 Å². The SMILES string of the molecule is CCN(CC)CCC[C@H](CO)CCS. The Kier molecular flexibility index (Phi) is 10.0. The summed E-state index contributed by atoms with van der Waals surface area (Å²) in [6.45, 7) is 8.14. The van der Waals surface area contributed by atoms with Crippen LogP contribution in [0.5, 0.6) is 0 Å². The Morgan fingerprint density at radius 3 is 2.29 bits per heavy atom. The molecule has 0 aromatic heterocycles. The van der Waals surface area contributed by atoms with Gasteiger partial charge in [0.2, 0.25) is 0 Å². The molecule has 1 atom stereocenters. The van der Waals surface area contributed by atoms with E-state index in [9.17, 15) is 0 Å². The molecule has 0 amide bonds. The third-order valence-corrected chi connectivity index (χ3v) is 3.03. The topological polar surface area (TPSA) is 23.5 Å². The van der Waals surface area contributed by atoms with Crippen molar-refractivity contribution in [2.75, 3.05) is 32.0 Å². The maximum Gasteiger partial charge on any atom is 0.0459 e. The quantitative estimate of drug-likeness (QED) is 0.580. The number of aliphatic hydroxyl groups is 1. The van der Waals surface area contributed by atoms with Crippen LogP contribution in [0.4, 0.5) is 0 Å². The predicted molar refractivity (Wildman–Crippen MR) is 66.1 cm³/mol. The van der Waals surface area contributed by atoms with Crippen LogP contribution in [0.1, 0.15) is 33.1 Å². The van der Waals surface area contributed by atoms with Crippen molar-refractivity contribution in [2.45, 2.75) is 33.1 Å². The third kappa shape index (κ3) is 6.68. The van der Waals surface area contributed by atoms with E-state index < -0.39 is 0 Å². The molecule has 0 saturated heterocycles. The average molecular weight is 219 g/mol. The van der Waals surface area contributed by atoms with Crippen LogP contribution in [0.15, 0.2) is 0 Å². The lowest BCUT2D eigenvalue weighted by molar-refractivity contribution is 0.204. The molecule has 0 aliphatic rings. The molecule has 1 N–H and O–H groups in total. The molecule has 0 heterocycles. The summed E-state index contributed by atoms with van der Waals surface area (Å²) in [6.07, 6.45) is 3.37. The van der Waals surface area contributed by atoms with E-state index in [0.717, 1.165) is 38.2 Å². The lowest BCUT2D eigenvalue weighted by Crippen LogP contribution is -2.24. The van der Waals surface area contributed by atoms with Crippen molar-refractivity contribution >= 4 is 12.6 Å². The standard InChI is InChI=1S/C11H25NOS/c1-3-12(4-2)8-5-6-11(10-13)7-9-14/h11,13-14H,3-10H2,1-2H3/t11-/m0/s1. The molecular formula is C11H25NOS. The van der Waals surface area contributed by atoms with Crippen LogP contribution in [0.2, 0.25) is 0 Å². The molecular weight excluding hydrogens is 194 g/mol. The van der Waals surface area contributed by atoms with Crippen LogP contribution in [0.25, 0.3) is 0 Å². The Morgan fingerprint density at radius 2 is 1.86 bits per heavy atom. The van der Waals surface area contributed by atoms with Gasteiger partial charge in [0.1, 0.15) is 0 Å². The monoisotopic (exact) mass is 219 g/mol. The fourth-order valence-electron chi connectivity index (χ4n) is 1.65. The predicted octanol–water partition coefficient (Wildman–Crippen LogP) is 2.04. The highest BCUT2D eigenvalue weighted by atomic mass is 32.1. The smallest absolute Gasteiger partial charge is 0.0459 e. The molecule has 2 nitrogen and oxygen atoms in total. The summed E-state index contributed by atoms with van der Waals surface area (Å²) in [5.74, 6) is 1.35. The maximum absolute atomic E-state index is 9.09. The van der Waals surface area contributed by atoms with Gasteiger partial charge in [0, 0.05) is 6.61 Å². The van der Waals surface area contributed by atoms with Gasteiger partial charge in [0.15, 0.2) is 0 Å². The van der Waals surface area contributed by atoms with Crippen LogP contribution in [-0.2, 0) is 0 Å². The maximum atomic E-state index is 9.09. The van der Waals surface area contributed by atoms with Crippen molar-refractivity contribution in [3.63, 3.8) is 0 Å². The minimum atomic E-state index is 0.318. The van der Waals surface area contributed by atoms with Gasteiger partial charge in [-0.2, -0.15) is 12.6 Å². The Labute approximate surface area is 94.1 Å². The molecule has 0 unspecified atom stereocenters. The zero-order chi connectivity index (χ0) is 10.8. The minimum Gasteiger partial charge on any atom is -0.396 e. The Morgan fingerprint density at radius 1 is 1.21 bits per heavy atom. The zero-order valence-electron chi connectivity index (χ0n) is 9.58. The molecule has 0 spiro atoms. The number of hydrogen-bond donors (Lipinski definition) is 2. The average Bonchev–Trinajstić information content (AvgIpc) is 2.23. The van der Waals surface area contributed by atoms with Crippen LogP contribution < -0.4 is 0 Å². The minimum absolute atomic E-state index is 0.318. The van der Waals surface area contributed by atoms with E-state index >= 15 is 0 Å². The van der Waals surface area contributed by atoms with E-state index in [1.165, 1.54) is 6.42 Å². The first kappa shape index (κ1) is 14.3. The van der Waals surface area contributed by atoms with E-state index in [0.29, 0.717) is 12.5 Å². The van der Waals surface area contributed by atoms with Crippen LogP contribution in [0.3, 0.4) is 0 Å². The fraction of sp³-hybridized carbons (Fsp3) is 1.00. The summed E-state index contributed by atoms with van der Waals surface area (Å²) >= 11 is 4.19. The van der Waals surface area contributed by atoms with Gasteiger partial charge in [-0.15, -0.1) is 0 Å². The van der Waals surface area contributed by atoms with Crippen molar-refractivity contribution in [1.82, 2.24) is 4.90 Å². The lowest BCUT2D eigenvalue weighted by atomic mass is 10.0. The molecule has 0 bridgehead atoms. The van der Waals surface area contributed by atoms with E-state index in [1.54, 1.807) is 0 Å². The molecule has 0 radical (unpaired) electrons. The Bertz CT molecular complexity index is 118. The Hall–Kier alpha value is 0.270. The van der Waals surface area contributed by atoms with E-state index in [1.807, 2.05) is 0 Å². The van der Waals surface area contributed by atoms with Crippen LogP contribution >= 0.6 is 12.6 Å². The molecule has 86 valence electrons. The van der Waals surface area contributed by atoms with Gasteiger partial charge in [-0.05, 0) is 50.6 Å². The molecule has 0 saturated carbocycles. The molecule has 0 aromatic carbocycles. The molecule has 0 aromatic rings. The number of nitrogens with zero attached hydrogens (tertiary/aromatic N) is 1. The van der Waals surface area contributed by atoms with Crippen LogP contribution in [0, 0.1) is 5.92 Å². The highest BCUT2D eigenvalue weighted by Crippen LogP contribution is 2.11. The summed E-state index contributed by atoms with van der Waals surface area (Å²) in [4.78, 5) is 2.43. The molecule has 0 rings (SSSR count). The summed E-state index contributed by atoms with van der Waals surface area (Å²) in [6, 6.07) is 0. The van der Waals surface area contributed by atoms with Crippen molar-refractivity contribution in [3.05, 3.63) is 0 Å². The van der Waals surface area contributed by atoms with E-state index in [2.05, 4.69) is 31.4 Å². The first-order valence-electron chi connectivity index (χ1n) is 5.72. The number of hydrogen-bond acceptors (Lipinski definition) is 3. The summed E-state index contributed by atoms with van der Waals surface area (Å²) in [5.41, 5.74) is 0. The second-order valence-corrected chi connectivity index (χ2v) is 4.18. The summed E-state index contributed by atoms with van der Waals surface area (Å²) in [5, 5.41) is 9.09. The molecule has 0 fully saturated rings.